The Morgan fingerprint density at radius 1 is 1.60 bits per heavy atom. The fourth-order valence-corrected chi connectivity index (χ4v) is 2.50. The summed E-state index contributed by atoms with van der Waals surface area (Å²) in [5, 5.41) is 16.7. The van der Waals surface area contributed by atoms with Gasteiger partial charge < -0.3 is 9.67 Å². The monoisotopic (exact) mass is 243 g/mol. The van der Waals surface area contributed by atoms with E-state index in [4.69, 9.17) is 16.7 Å². The number of nitrogens with zero attached hydrogens (tertiary/aromatic N) is 3. The molecule has 1 N–H and O–H groups in total. The highest BCUT2D eigenvalue weighted by molar-refractivity contribution is 7.16. The zero-order valence-electron chi connectivity index (χ0n) is 8.09. The molecule has 0 fully saturated rings. The second kappa shape index (κ2) is 4.30. The lowest BCUT2D eigenvalue weighted by atomic mass is 10.2. The Morgan fingerprint density at radius 3 is 3.00 bits per heavy atom. The lowest BCUT2D eigenvalue weighted by Crippen LogP contribution is -2.08. The van der Waals surface area contributed by atoms with Crippen molar-refractivity contribution in [2.45, 2.75) is 19.6 Å². The third-order valence-electron chi connectivity index (χ3n) is 2.21. The van der Waals surface area contributed by atoms with Crippen molar-refractivity contribution in [1.29, 1.82) is 0 Å². The second-order valence-electron chi connectivity index (χ2n) is 3.13. The maximum atomic E-state index is 9.06. The smallest absolute Gasteiger partial charge is 0.159 e. The van der Waals surface area contributed by atoms with E-state index in [9.17, 15) is 0 Å². The number of hydrogen-bond donors (Lipinski definition) is 1. The molecule has 0 saturated carbocycles. The molecule has 2 heterocycles. The molecule has 0 radical (unpaired) electrons. The van der Waals surface area contributed by atoms with E-state index in [0.29, 0.717) is 5.82 Å². The van der Waals surface area contributed by atoms with Crippen molar-refractivity contribution in [1.82, 2.24) is 14.8 Å². The lowest BCUT2D eigenvalue weighted by Gasteiger charge is -2.12. The molecule has 0 aromatic carbocycles. The van der Waals surface area contributed by atoms with E-state index in [1.807, 2.05) is 23.6 Å². The fourth-order valence-electron chi connectivity index (χ4n) is 1.39. The highest BCUT2D eigenvalue weighted by Crippen LogP contribution is 2.29. The van der Waals surface area contributed by atoms with Crippen LogP contribution in [0, 0.1) is 0 Å². The van der Waals surface area contributed by atoms with E-state index in [1.165, 1.54) is 11.3 Å². The predicted molar refractivity (Wildman–Crippen MR) is 59.1 cm³/mol. The molecule has 4 nitrogen and oxygen atoms in total. The Balaban J connectivity index is 2.31. The van der Waals surface area contributed by atoms with Gasteiger partial charge in [-0.2, -0.15) is 0 Å². The largest absolute Gasteiger partial charge is 0.388 e. The first-order chi connectivity index (χ1) is 7.22. The van der Waals surface area contributed by atoms with Crippen molar-refractivity contribution in [2.24, 2.45) is 0 Å². The summed E-state index contributed by atoms with van der Waals surface area (Å²) >= 11 is 7.39. The minimum Gasteiger partial charge on any atom is -0.388 e. The number of hydrogen-bond acceptors (Lipinski definition) is 4. The van der Waals surface area contributed by atoms with E-state index in [0.717, 1.165) is 9.21 Å². The van der Waals surface area contributed by atoms with Gasteiger partial charge in [0.25, 0.3) is 0 Å². The van der Waals surface area contributed by atoms with Gasteiger partial charge in [-0.1, -0.05) is 11.6 Å². The van der Waals surface area contributed by atoms with Crippen LogP contribution in [-0.2, 0) is 6.61 Å². The van der Waals surface area contributed by atoms with Gasteiger partial charge in [-0.05, 0) is 19.1 Å². The third kappa shape index (κ3) is 2.04. The summed E-state index contributed by atoms with van der Waals surface area (Å²) in [6.45, 7) is 1.91. The van der Waals surface area contributed by atoms with Crippen molar-refractivity contribution in [3.63, 3.8) is 0 Å². The van der Waals surface area contributed by atoms with Gasteiger partial charge in [0.2, 0.25) is 0 Å². The summed E-state index contributed by atoms with van der Waals surface area (Å²) in [5.41, 5.74) is 0. The maximum Gasteiger partial charge on any atom is 0.159 e. The van der Waals surface area contributed by atoms with Crippen LogP contribution in [0.1, 0.15) is 23.7 Å². The first-order valence-electron chi connectivity index (χ1n) is 4.47. The number of aliphatic hydroxyl groups excluding tert-OH is 1. The molecular weight excluding hydrogens is 234 g/mol. The number of halogens is 1. The Labute approximate surface area is 96.1 Å². The molecule has 0 spiro atoms. The van der Waals surface area contributed by atoms with Crippen LogP contribution < -0.4 is 0 Å². The van der Waals surface area contributed by atoms with Crippen LogP contribution in [-0.4, -0.2) is 19.9 Å². The van der Waals surface area contributed by atoms with E-state index in [-0.39, 0.29) is 12.6 Å². The fraction of sp³-hybridized carbons (Fsp3) is 0.333. The normalized spacial score (nSPS) is 13.0. The van der Waals surface area contributed by atoms with Crippen LogP contribution in [0.2, 0.25) is 4.34 Å². The first kappa shape index (κ1) is 10.6. The van der Waals surface area contributed by atoms with E-state index < -0.39 is 0 Å². The van der Waals surface area contributed by atoms with Gasteiger partial charge >= 0.3 is 0 Å². The molecule has 2 rings (SSSR count). The highest BCUT2D eigenvalue weighted by atomic mass is 35.5. The standard InChI is InChI=1S/C9H10ClN3OS/c1-6(7-2-3-8(10)15-7)13-5-11-12-9(13)4-14/h2-3,5-6,14H,4H2,1H3. The summed E-state index contributed by atoms with van der Waals surface area (Å²) in [6, 6.07) is 3.93. The summed E-state index contributed by atoms with van der Waals surface area (Å²) in [7, 11) is 0. The molecule has 80 valence electrons. The lowest BCUT2D eigenvalue weighted by molar-refractivity contribution is 0.263. The van der Waals surface area contributed by atoms with Gasteiger partial charge in [0, 0.05) is 4.88 Å². The first-order valence-corrected chi connectivity index (χ1v) is 5.66. The Kier molecular flexibility index (Phi) is 3.04. The van der Waals surface area contributed by atoms with Crippen molar-refractivity contribution in [3.05, 3.63) is 33.5 Å². The predicted octanol–water partition coefficient (Wildman–Crippen LogP) is 2.09. The van der Waals surface area contributed by atoms with E-state index >= 15 is 0 Å². The van der Waals surface area contributed by atoms with Crippen LogP contribution in [0.25, 0.3) is 0 Å². The highest BCUT2D eigenvalue weighted by Gasteiger charge is 2.13. The van der Waals surface area contributed by atoms with Gasteiger partial charge in [-0.15, -0.1) is 21.5 Å². The molecule has 1 unspecified atom stereocenters. The molecule has 2 aromatic rings. The molecule has 0 aliphatic heterocycles. The molecule has 6 heteroatoms. The molecule has 1 atom stereocenters. The van der Waals surface area contributed by atoms with Crippen molar-refractivity contribution in [2.75, 3.05) is 0 Å². The Morgan fingerprint density at radius 2 is 2.40 bits per heavy atom. The molecule has 0 aliphatic carbocycles. The second-order valence-corrected chi connectivity index (χ2v) is 4.88. The maximum absolute atomic E-state index is 9.06. The number of aliphatic hydroxyl groups is 1. The average Bonchev–Trinajstić information content (AvgIpc) is 2.84. The number of rotatable bonds is 3. The van der Waals surface area contributed by atoms with E-state index in [2.05, 4.69) is 10.2 Å². The van der Waals surface area contributed by atoms with Crippen molar-refractivity contribution in [3.8, 4) is 0 Å². The Bertz CT molecular complexity index is 454. The van der Waals surface area contributed by atoms with Gasteiger partial charge in [0.15, 0.2) is 5.82 Å². The van der Waals surface area contributed by atoms with Gasteiger partial charge in [0.1, 0.15) is 12.9 Å². The molecule has 2 aromatic heterocycles. The molecule has 0 amide bonds. The summed E-state index contributed by atoms with van der Waals surface area (Å²) < 4.78 is 2.60. The van der Waals surface area contributed by atoms with Crippen LogP contribution in [0.15, 0.2) is 18.5 Å². The molecule has 15 heavy (non-hydrogen) atoms. The Hall–Kier alpha value is -0.910. The van der Waals surface area contributed by atoms with Crippen LogP contribution in [0.5, 0.6) is 0 Å². The minimum absolute atomic E-state index is 0.0969. The topological polar surface area (TPSA) is 50.9 Å². The molecular formula is C9H10ClN3OS. The van der Waals surface area contributed by atoms with Gasteiger partial charge in [-0.3, -0.25) is 0 Å². The van der Waals surface area contributed by atoms with Crippen LogP contribution >= 0.6 is 22.9 Å². The number of thiophene rings is 1. The van der Waals surface area contributed by atoms with Crippen LogP contribution in [0.4, 0.5) is 0 Å². The summed E-state index contributed by atoms with van der Waals surface area (Å²) in [6.07, 6.45) is 1.61. The van der Waals surface area contributed by atoms with Gasteiger partial charge in [0.05, 0.1) is 10.4 Å². The minimum atomic E-state index is -0.108. The SMILES string of the molecule is CC(c1ccc(Cl)s1)n1cnnc1CO. The molecule has 0 saturated heterocycles. The van der Waals surface area contributed by atoms with Crippen molar-refractivity contribution < 1.29 is 5.11 Å². The molecule has 0 bridgehead atoms. The third-order valence-corrected chi connectivity index (χ3v) is 3.61. The quantitative estimate of drug-likeness (QED) is 0.898. The van der Waals surface area contributed by atoms with Crippen LogP contribution in [0.3, 0.4) is 0 Å². The average molecular weight is 244 g/mol. The van der Waals surface area contributed by atoms with Gasteiger partial charge in [-0.25, -0.2) is 0 Å². The molecule has 0 aliphatic rings. The zero-order chi connectivity index (χ0) is 10.8. The zero-order valence-corrected chi connectivity index (χ0v) is 9.66. The summed E-state index contributed by atoms with van der Waals surface area (Å²) in [5.74, 6) is 0.562. The number of aromatic nitrogens is 3. The van der Waals surface area contributed by atoms with Crippen molar-refractivity contribution >= 4 is 22.9 Å². The van der Waals surface area contributed by atoms with E-state index in [1.54, 1.807) is 6.33 Å². The summed E-state index contributed by atoms with van der Waals surface area (Å²) in [4.78, 5) is 1.12.